The van der Waals surface area contributed by atoms with Crippen LogP contribution < -0.4 is 16.4 Å². The SMILES string of the molecule is Cc1cc(NC(=O)NC2CCCC2)ncc1N. The lowest BCUT2D eigenvalue weighted by atomic mass is 10.2. The quantitative estimate of drug-likeness (QED) is 0.732. The molecule has 0 spiro atoms. The fraction of sp³-hybridized carbons (Fsp3) is 0.500. The van der Waals surface area contributed by atoms with E-state index in [1.165, 1.54) is 12.8 Å². The van der Waals surface area contributed by atoms with Crippen molar-refractivity contribution < 1.29 is 4.79 Å². The van der Waals surface area contributed by atoms with Crippen molar-refractivity contribution in [2.45, 2.75) is 38.6 Å². The molecule has 17 heavy (non-hydrogen) atoms. The molecule has 2 rings (SSSR count). The van der Waals surface area contributed by atoms with E-state index >= 15 is 0 Å². The van der Waals surface area contributed by atoms with Gasteiger partial charge in [-0.2, -0.15) is 0 Å². The molecule has 1 heterocycles. The van der Waals surface area contributed by atoms with Gasteiger partial charge in [0.2, 0.25) is 0 Å². The summed E-state index contributed by atoms with van der Waals surface area (Å²) < 4.78 is 0. The van der Waals surface area contributed by atoms with Gasteiger partial charge in [-0.05, 0) is 31.4 Å². The lowest BCUT2D eigenvalue weighted by Gasteiger charge is -2.12. The average molecular weight is 234 g/mol. The van der Waals surface area contributed by atoms with Gasteiger partial charge in [-0.3, -0.25) is 5.32 Å². The molecular formula is C12H18N4O. The Morgan fingerprint density at radius 2 is 2.18 bits per heavy atom. The lowest BCUT2D eigenvalue weighted by Crippen LogP contribution is -2.36. The van der Waals surface area contributed by atoms with Crippen LogP contribution in [0, 0.1) is 6.92 Å². The van der Waals surface area contributed by atoms with Gasteiger partial charge in [0.25, 0.3) is 0 Å². The first-order valence-corrected chi connectivity index (χ1v) is 5.95. The van der Waals surface area contributed by atoms with Gasteiger partial charge in [0.15, 0.2) is 0 Å². The van der Waals surface area contributed by atoms with Gasteiger partial charge in [0, 0.05) is 6.04 Å². The molecular weight excluding hydrogens is 216 g/mol. The van der Waals surface area contributed by atoms with Gasteiger partial charge in [-0.15, -0.1) is 0 Å². The number of nitrogens with zero attached hydrogens (tertiary/aromatic N) is 1. The predicted octanol–water partition coefficient (Wildman–Crippen LogP) is 2.04. The number of nitrogen functional groups attached to an aromatic ring is 1. The molecule has 92 valence electrons. The number of nitrogens with two attached hydrogens (primary N) is 1. The van der Waals surface area contributed by atoms with E-state index in [1.54, 1.807) is 12.3 Å². The number of carbonyl (C=O) groups is 1. The second kappa shape index (κ2) is 5.03. The Bertz CT molecular complexity index is 413. The van der Waals surface area contributed by atoms with E-state index in [2.05, 4.69) is 15.6 Å². The molecule has 1 fully saturated rings. The second-order valence-electron chi connectivity index (χ2n) is 4.51. The maximum Gasteiger partial charge on any atom is 0.320 e. The molecule has 2 amide bonds. The van der Waals surface area contributed by atoms with E-state index in [1.807, 2.05) is 6.92 Å². The van der Waals surface area contributed by atoms with Crippen molar-refractivity contribution in [1.29, 1.82) is 0 Å². The number of anilines is 2. The molecule has 0 unspecified atom stereocenters. The molecule has 1 saturated carbocycles. The van der Waals surface area contributed by atoms with E-state index in [0.717, 1.165) is 18.4 Å². The van der Waals surface area contributed by atoms with Crippen molar-refractivity contribution in [2.75, 3.05) is 11.1 Å². The molecule has 0 radical (unpaired) electrons. The number of amides is 2. The monoisotopic (exact) mass is 234 g/mol. The molecule has 5 nitrogen and oxygen atoms in total. The van der Waals surface area contributed by atoms with Crippen LogP contribution in [-0.2, 0) is 0 Å². The summed E-state index contributed by atoms with van der Waals surface area (Å²) in [6.45, 7) is 1.89. The van der Waals surface area contributed by atoms with Gasteiger partial charge in [-0.1, -0.05) is 12.8 Å². The topological polar surface area (TPSA) is 80.0 Å². The van der Waals surface area contributed by atoms with Crippen molar-refractivity contribution in [3.8, 4) is 0 Å². The second-order valence-corrected chi connectivity index (χ2v) is 4.51. The maximum absolute atomic E-state index is 11.7. The van der Waals surface area contributed by atoms with Gasteiger partial charge in [0.05, 0.1) is 11.9 Å². The van der Waals surface area contributed by atoms with Crippen LogP contribution in [0.15, 0.2) is 12.3 Å². The van der Waals surface area contributed by atoms with Gasteiger partial charge >= 0.3 is 6.03 Å². The molecule has 5 heteroatoms. The first kappa shape index (κ1) is 11.7. The molecule has 0 bridgehead atoms. The Morgan fingerprint density at radius 3 is 2.82 bits per heavy atom. The third kappa shape index (κ3) is 3.09. The normalized spacial score (nSPS) is 15.8. The zero-order chi connectivity index (χ0) is 12.3. The summed E-state index contributed by atoms with van der Waals surface area (Å²) in [7, 11) is 0. The van der Waals surface area contributed by atoms with Crippen LogP contribution in [0.1, 0.15) is 31.2 Å². The summed E-state index contributed by atoms with van der Waals surface area (Å²) in [5, 5.41) is 5.66. The molecule has 1 aliphatic carbocycles. The van der Waals surface area contributed by atoms with Crippen molar-refractivity contribution in [1.82, 2.24) is 10.3 Å². The fourth-order valence-corrected chi connectivity index (χ4v) is 2.04. The number of hydrogen-bond donors (Lipinski definition) is 3. The van der Waals surface area contributed by atoms with E-state index in [0.29, 0.717) is 17.5 Å². The van der Waals surface area contributed by atoms with Crippen LogP contribution in [0.5, 0.6) is 0 Å². The highest BCUT2D eigenvalue weighted by Gasteiger charge is 2.17. The molecule has 1 aromatic rings. The Balaban J connectivity index is 1.90. The van der Waals surface area contributed by atoms with Gasteiger partial charge in [0.1, 0.15) is 5.82 Å². The van der Waals surface area contributed by atoms with E-state index in [-0.39, 0.29) is 6.03 Å². The largest absolute Gasteiger partial charge is 0.397 e. The summed E-state index contributed by atoms with van der Waals surface area (Å²) in [4.78, 5) is 15.7. The Hall–Kier alpha value is -1.78. The highest BCUT2D eigenvalue weighted by atomic mass is 16.2. The molecule has 1 aliphatic rings. The standard InChI is InChI=1S/C12H18N4O/c1-8-6-11(14-7-10(8)13)16-12(17)15-9-4-2-3-5-9/h6-7,9H,2-5,13H2,1H3,(H2,14,15,16,17). The minimum atomic E-state index is -0.187. The van der Waals surface area contributed by atoms with Crippen LogP contribution >= 0.6 is 0 Å². The Kier molecular flexibility index (Phi) is 3.46. The molecule has 0 saturated heterocycles. The minimum absolute atomic E-state index is 0.187. The predicted molar refractivity (Wildman–Crippen MR) is 67.8 cm³/mol. The number of pyridine rings is 1. The smallest absolute Gasteiger partial charge is 0.320 e. The van der Waals surface area contributed by atoms with E-state index in [4.69, 9.17) is 5.73 Å². The van der Waals surface area contributed by atoms with Crippen LogP contribution in [-0.4, -0.2) is 17.1 Å². The Labute approximate surface area is 101 Å². The van der Waals surface area contributed by atoms with Crippen molar-refractivity contribution in [3.05, 3.63) is 17.8 Å². The first-order chi connectivity index (χ1) is 8.15. The van der Waals surface area contributed by atoms with Gasteiger partial charge in [-0.25, -0.2) is 9.78 Å². The number of aromatic nitrogens is 1. The highest BCUT2D eigenvalue weighted by Crippen LogP contribution is 2.18. The molecule has 0 aromatic carbocycles. The van der Waals surface area contributed by atoms with E-state index in [9.17, 15) is 4.79 Å². The summed E-state index contributed by atoms with van der Waals surface area (Å²) in [5.74, 6) is 0.534. The van der Waals surface area contributed by atoms with Crippen molar-refractivity contribution >= 4 is 17.5 Å². The molecule has 0 aliphatic heterocycles. The van der Waals surface area contributed by atoms with E-state index < -0.39 is 0 Å². The number of nitrogens with one attached hydrogen (secondary N) is 2. The number of urea groups is 1. The fourth-order valence-electron chi connectivity index (χ4n) is 2.04. The number of rotatable bonds is 2. The summed E-state index contributed by atoms with van der Waals surface area (Å²) in [6, 6.07) is 1.89. The minimum Gasteiger partial charge on any atom is -0.397 e. The zero-order valence-corrected chi connectivity index (χ0v) is 9.99. The third-order valence-electron chi connectivity index (χ3n) is 3.08. The molecule has 1 aromatic heterocycles. The molecule has 0 atom stereocenters. The number of hydrogen-bond acceptors (Lipinski definition) is 3. The van der Waals surface area contributed by atoms with Crippen LogP contribution in [0.4, 0.5) is 16.3 Å². The Morgan fingerprint density at radius 1 is 1.47 bits per heavy atom. The summed E-state index contributed by atoms with van der Waals surface area (Å²) >= 11 is 0. The number of aryl methyl sites for hydroxylation is 1. The molecule has 4 N–H and O–H groups in total. The summed E-state index contributed by atoms with van der Waals surface area (Å²) in [6.07, 6.45) is 6.10. The third-order valence-corrected chi connectivity index (χ3v) is 3.08. The zero-order valence-electron chi connectivity index (χ0n) is 9.99. The van der Waals surface area contributed by atoms with Crippen molar-refractivity contribution in [2.24, 2.45) is 0 Å². The van der Waals surface area contributed by atoms with Crippen LogP contribution in [0.2, 0.25) is 0 Å². The number of carbonyl (C=O) groups excluding carboxylic acids is 1. The lowest BCUT2D eigenvalue weighted by molar-refractivity contribution is 0.248. The van der Waals surface area contributed by atoms with Crippen molar-refractivity contribution in [3.63, 3.8) is 0 Å². The first-order valence-electron chi connectivity index (χ1n) is 5.95. The van der Waals surface area contributed by atoms with Crippen LogP contribution in [0.3, 0.4) is 0 Å². The highest BCUT2D eigenvalue weighted by molar-refractivity contribution is 5.88. The summed E-state index contributed by atoms with van der Waals surface area (Å²) in [5.41, 5.74) is 7.21. The maximum atomic E-state index is 11.7. The van der Waals surface area contributed by atoms with Crippen LogP contribution in [0.25, 0.3) is 0 Å². The van der Waals surface area contributed by atoms with Gasteiger partial charge < -0.3 is 11.1 Å². The average Bonchev–Trinajstić information content (AvgIpc) is 2.76.